The van der Waals surface area contributed by atoms with Gasteiger partial charge in [0, 0.05) is 20.0 Å². The standard InChI is InChI=1S/C14H16N2OS/c1-3-16(10-12-7-5-4-6-8-12)14-15-9-13(18-14)11(2)17/h4-9H,3,10H2,1-2H3. The molecule has 0 saturated heterocycles. The maximum atomic E-state index is 11.3. The summed E-state index contributed by atoms with van der Waals surface area (Å²) in [6.07, 6.45) is 1.66. The number of nitrogens with zero attached hydrogens (tertiary/aromatic N) is 2. The summed E-state index contributed by atoms with van der Waals surface area (Å²) in [5.74, 6) is 0.0783. The lowest BCUT2D eigenvalue weighted by Crippen LogP contribution is -2.21. The summed E-state index contributed by atoms with van der Waals surface area (Å²) in [5.41, 5.74) is 1.25. The smallest absolute Gasteiger partial charge is 0.186 e. The van der Waals surface area contributed by atoms with Gasteiger partial charge in [-0.05, 0) is 12.5 Å². The minimum atomic E-state index is 0.0783. The fraction of sp³-hybridized carbons (Fsp3) is 0.286. The third-order valence-corrected chi connectivity index (χ3v) is 3.87. The number of thiazole rings is 1. The third kappa shape index (κ3) is 2.96. The SMILES string of the molecule is CCN(Cc1ccccc1)c1ncc(C(C)=O)s1. The molecule has 4 heteroatoms. The Balaban J connectivity index is 2.15. The average Bonchev–Trinajstić information content (AvgIpc) is 2.87. The van der Waals surface area contributed by atoms with Gasteiger partial charge >= 0.3 is 0 Å². The number of aromatic nitrogens is 1. The number of ketones is 1. The fourth-order valence-corrected chi connectivity index (χ4v) is 2.57. The highest BCUT2D eigenvalue weighted by Crippen LogP contribution is 2.24. The van der Waals surface area contributed by atoms with Crippen molar-refractivity contribution in [3.63, 3.8) is 0 Å². The number of carbonyl (C=O) groups is 1. The molecule has 3 nitrogen and oxygen atoms in total. The van der Waals surface area contributed by atoms with Crippen molar-refractivity contribution in [3.8, 4) is 0 Å². The van der Waals surface area contributed by atoms with E-state index in [9.17, 15) is 4.79 Å². The first-order valence-electron chi connectivity index (χ1n) is 5.96. The molecule has 0 fully saturated rings. The van der Waals surface area contributed by atoms with Crippen LogP contribution in [0.3, 0.4) is 0 Å². The van der Waals surface area contributed by atoms with Crippen LogP contribution in [0.1, 0.15) is 29.1 Å². The molecule has 0 unspecified atom stereocenters. The summed E-state index contributed by atoms with van der Waals surface area (Å²) in [7, 11) is 0. The summed E-state index contributed by atoms with van der Waals surface area (Å²) in [5, 5.41) is 0.909. The Labute approximate surface area is 111 Å². The molecule has 18 heavy (non-hydrogen) atoms. The molecule has 1 aromatic heterocycles. The molecule has 1 heterocycles. The predicted octanol–water partition coefficient (Wildman–Crippen LogP) is 3.37. The van der Waals surface area contributed by atoms with Crippen molar-refractivity contribution in [3.05, 3.63) is 47.0 Å². The second-order valence-corrected chi connectivity index (χ2v) is 5.07. The van der Waals surface area contributed by atoms with Crippen molar-refractivity contribution in [2.75, 3.05) is 11.4 Å². The van der Waals surface area contributed by atoms with E-state index in [1.54, 1.807) is 13.1 Å². The highest BCUT2D eigenvalue weighted by Gasteiger charge is 2.11. The van der Waals surface area contributed by atoms with Crippen LogP contribution in [0.25, 0.3) is 0 Å². The van der Waals surface area contributed by atoms with Gasteiger partial charge in [-0.3, -0.25) is 4.79 Å². The second-order valence-electron chi connectivity index (χ2n) is 4.06. The largest absolute Gasteiger partial charge is 0.344 e. The first-order chi connectivity index (χ1) is 8.70. The number of hydrogen-bond acceptors (Lipinski definition) is 4. The molecule has 2 rings (SSSR count). The lowest BCUT2D eigenvalue weighted by Gasteiger charge is -2.19. The number of carbonyl (C=O) groups excluding carboxylic acids is 1. The van der Waals surface area contributed by atoms with E-state index in [2.05, 4.69) is 28.9 Å². The van der Waals surface area contributed by atoms with E-state index in [0.717, 1.165) is 23.1 Å². The number of hydrogen-bond donors (Lipinski definition) is 0. The van der Waals surface area contributed by atoms with Crippen LogP contribution in [0.15, 0.2) is 36.5 Å². The fourth-order valence-electron chi connectivity index (χ4n) is 1.69. The van der Waals surface area contributed by atoms with Crippen LogP contribution in [0, 0.1) is 0 Å². The Morgan fingerprint density at radius 3 is 2.61 bits per heavy atom. The summed E-state index contributed by atoms with van der Waals surface area (Å²) in [6.45, 7) is 5.37. The maximum absolute atomic E-state index is 11.3. The summed E-state index contributed by atoms with van der Waals surface area (Å²) >= 11 is 1.46. The molecule has 94 valence electrons. The first kappa shape index (κ1) is 12.8. The number of anilines is 1. The lowest BCUT2D eigenvalue weighted by molar-refractivity contribution is 0.102. The third-order valence-electron chi connectivity index (χ3n) is 2.71. The number of Topliss-reactive ketones (excluding diaryl/α,β-unsaturated/α-hetero) is 1. The van der Waals surface area contributed by atoms with Crippen molar-refractivity contribution in [2.45, 2.75) is 20.4 Å². The van der Waals surface area contributed by atoms with Crippen molar-refractivity contribution in [2.24, 2.45) is 0 Å². The van der Waals surface area contributed by atoms with Crippen molar-refractivity contribution < 1.29 is 4.79 Å². The van der Waals surface area contributed by atoms with Gasteiger partial charge in [-0.2, -0.15) is 0 Å². The Morgan fingerprint density at radius 1 is 1.33 bits per heavy atom. The van der Waals surface area contributed by atoms with E-state index in [0.29, 0.717) is 0 Å². The molecule has 0 atom stereocenters. The van der Waals surface area contributed by atoms with Gasteiger partial charge in [0.15, 0.2) is 10.9 Å². The monoisotopic (exact) mass is 260 g/mol. The van der Waals surface area contributed by atoms with E-state index >= 15 is 0 Å². The highest BCUT2D eigenvalue weighted by molar-refractivity contribution is 7.17. The van der Waals surface area contributed by atoms with Crippen LogP contribution in [-0.4, -0.2) is 17.3 Å². The summed E-state index contributed by atoms with van der Waals surface area (Å²) < 4.78 is 0. The van der Waals surface area contributed by atoms with Crippen LogP contribution >= 0.6 is 11.3 Å². The molecule has 0 aliphatic heterocycles. The zero-order chi connectivity index (χ0) is 13.0. The van der Waals surface area contributed by atoms with Gasteiger partial charge in [-0.15, -0.1) is 0 Å². The summed E-state index contributed by atoms with van der Waals surface area (Å²) in [4.78, 5) is 18.5. The molecule has 0 spiro atoms. The molecule has 0 aliphatic carbocycles. The van der Waals surface area contributed by atoms with Crippen LogP contribution < -0.4 is 4.90 Å². The Kier molecular flexibility index (Phi) is 4.10. The Bertz CT molecular complexity index is 522. The van der Waals surface area contributed by atoms with E-state index in [4.69, 9.17) is 0 Å². The molecule has 0 bridgehead atoms. The van der Waals surface area contributed by atoms with Crippen LogP contribution in [0.2, 0.25) is 0 Å². The van der Waals surface area contributed by atoms with Gasteiger partial charge in [0.05, 0.1) is 11.1 Å². The molecule has 0 radical (unpaired) electrons. The van der Waals surface area contributed by atoms with Crippen LogP contribution in [-0.2, 0) is 6.54 Å². The normalized spacial score (nSPS) is 10.3. The Morgan fingerprint density at radius 2 is 2.06 bits per heavy atom. The van der Waals surface area contributed by atoms with Gasteiger partial charge in [0.2, 0.25) is 0 Å². The zero-order valence-corrected chi connectivity index (χ0v) is 11.4. The highest BCUT2D eigenvalue weighted by atomic mass is 32.1. The number of benzene rings is 1. The van der Waals surface area contributed by atoms with Gasteiger partial charge in [0.25, 0.3) is 0 Å². The molecular formula is C14H16N2OS. The topological polar surface area (TPSA) is 33.2 Å². The van der Waals surface area contributed by atoms with Gasteiger partial charge < -0.3 is 4.90 Å². The van der Waals surface area contributed by atoms with Crippen molar-refractivity contribution in [1.29, 1.82) is 0 Å². The summed E-state index contributed by atoms with van der Waals surface area (Å²) in [6, 6.07) is 10.3. The molecule has 0 N–H and O–H groups in total. The molecule has 0 saturated carbocycles. The minimum absolute atomic E-state index is 0.0783. The molecule has 2 aromatic rings. The molecule has 0 aliphatic rings. The Hall–Kier alpha value is -1.68. The number of rotatable bonds is 5. The predicted molar refractivity (Wildman–Crippen MR) is 75.3 cm³/mol. The maximum Gasteiger partial charge on any atom is 0.186 e. The molecule has 1 aromatic carbocycles. The molecule has 0 amide bonds. The second kappa shape index (κ2) is 5.78. The lowest BCUT2D eigenvalue weighted by atomic mass is 10.2. The van der Waals surface area contributed by atoms with Gasteiger partial charge in [-0.25, -0.2) is 4.98 Å². The van der Waals surface area contributed by atoms with Gasteiger partial charge in [-0.1, -0.05) is 41.7 Å². The van der Waals surface area contributed by atoms with Crippen molar-refractivity contribution >= 4 is 22.3 Å². The average molecular weight is 260 g/mol. The van der Waals surface area contributed by atoms with Crippen LogP contribution in [0.5, 0.6) is 0 Å². The first-order valence-corrected chi connectivity index (χ1v) is 6.78. The van der Waals surface area contributed by atoms with Crippen LogP contribution in [0.4, 0.5) is 5.13 Å². The van der Waals surface area contributed by atoms with Crippen molar-refractivity contribution in [1.82, 2.24) is 4.98 Å². The van der Waals surface area contributed by atoms with E-state index in [1.807, 2.05) is 18.2 Å². The van der Waals surface area contributed by atoms with E-state index in [1.165, 1.54) is 16.9 Å². The zero-order valence-electron chi connectivity index (χ0n) is 10.6. The van der Waals surface area contributed by atoms with E-state index < -0.39 is 0 Å². The van der Waals surface area contributed by atoms with Gasteiger partial charge in [0.1, 0.15) is 0 Å². The minimum Gasteiger partial charge on any atom is -0.344 e. The molecular weight excluding hydrogens is 244 g/mol. The quantitative estimate of drug-likeness (QED) is 0.773. The van der Waals surface area contributed by atoms with E-state index in [-0.39, 0.29) is 5.78 Å².